The topological polar surface area (TPSA) is 81.2 Å². The summed E-state index contributed by atoms with van der Waals surface area (Å²) in [5.74, 6) is -0.133. The molecule has 1 N–H and O–H groups in total. The van der Waals surface area contributed by atoms with Gasteiger partial charge in [-0.3, -0.25) is 4.79 Å². The van der Waals surface area contributed by atoms with Gasteiger partial charge >= 0.3 is 0 Å². The fourth-order valence-corrected chi connectivity index (χ4v) is 4.60. The van der Waals surface area contributed by atoms with Gasteiger partial charge < -0.3 is 14.9 Å². The highest BCUT2D eigenvalue weighted by Gasteiger charge is 2.39. The highest BCUT2D eigenvalue weighted by Crippen LogP contribution is 2.24. The van der Waals surface area contributed by atoms with E-state index in [0.717, 1.165) is 19.5 Å². The highest BCUT2D eigenvalue weighted by molar-refractivity contribution is 7.89. The van der Waals surface area contributed by atoms with E-state index in [1.165, 1.54) is 16.4 Å². The van der Waals surface area contributed by atoms with E-state index < -0.39 is 16.1 Å². The highest BCUT2D eigenvalue weighted by atomic mass is 32.2. The first-order valence-electron chi connectivity index (χ1n) is 8.04. The normalized spacial score (nSPS) is 25.1. The van der Waals surface area contributed by atoms with Gasteiger partial charge in [-0.2, -0.15) is 4.31 Å². The second-order valence-corrected chi connectivity index (χ2v) is 8.53. The quantitative estimate of drug-likeness (QED) is 0.813. The number of likely N-dealkylation sites (tertiary alicyclic amines) is 1. The SMILES string of the molecule is CN(C)[C@H]1CN(S(=O)(=O)c2cccc(C(=O)N3CCC3)c2)C[C@@H]1O. The molecular formula is C16H23N3O4S. The number of carbonyl (C=O) groups is 1. The number of likely N-dealkylation sites (N-methyl/N-ethyl adjacent to an activating group) is 1. The number of benzene rings is 1. The Morgan fingerprint density at radius 3 is 2.50 bits per heavy atom. The molecular weight excluding hydrogens is 330 g/mol. The van der Waals surface area contributed by atoms with E-state index in [4.69, 9.17) is 0 Å². The van der Waals surface area contributed by atoms with Crippen LogP contribution in [0.5, 0.6) is 0 Å². The molecule has 2 atom stereocenters. The lowest BCUT2D eigenvalue weighted by molar-refractivity contribution is 0.0651. The monoisotopic (exact) mass is 353 g/mol. The summed E-state index contributed by atoms with van der Waals surface area (Å²) in [6, 6.07) is 5.94. The molecule has 3 rings (SSSR count). The molecule has 2 fully saturated rings. The standard InChI is InChI=1S/C16H23N3O4S/c1-17(2)14-10-19(11-15(14)20)24(22,23)13-6-3-5-12(9-13)16(21)18-7-4-8-18/h3,5-6,9,14-15,20H,4,7-8,10-11H2,1-2H3/t14-,15-/m0/s1. The van der Waals surface area contributed by atoms with Crippen molar-refractivity contribution >= 4 is 15.9 Å². The first-order valence-corrected chi connectivity index (χ1v) is 9.48. The van der Waals surface area contributed by atoms with E-state index in [0.29, 0.717) is 5.56 Å². The molecule has 2 saturated heterocycles. The van der Waals surface area contributed by atoms with E-state index >= 15 is 0 Å². The smallest absolute Gasteiger partial charge is 0.253 e. The lowest BCUT2D eigenvalue weighted by atomic mass is 10.1. The van der Waals surface area contributed by atoms with Crippen LogP contribution in [0.2, 0.25) is 0 Å². The number of carbonyl (C=O) groups excluding carboxylic acids is 1. The Balaban J connectivity index is 1.84. The summed E-state index contributed by atoms with van der Waals surface area (Å²) in [5.41, 5.74) is 0.389. The first kappa shape index (κ1) is 17.3. The number of aliphatic hydroxyl groups is 1. The van der Waals surface area contributed by atoms with Crippen LogP contribution in [0.15, 0.2) is 29.2 Å². The molecule has 2 aliphatic rings. The van der Waals surface area contributed by atoms with Gasteiger partial charge in [-0.1, -0.05) is 6.07 Å². The Morgan fingerprint density at radius 2 is 1.96 bits per heavy atom. The van der Waals surface area contributed by atoms with Crippen LogP contribution in [0, 0.1) is 0 Å². The summed E-state index contributed by atoms with van der Waals surface area (Å²) in [5, 5.41) is 10.1. The predicted molar refractivity (Wildman–Crippen MR) is 89.2 cm³/mol. The van der Waals surface area contributed by atoms with Crippen molar-refractivity contribution in [1.29, 1.82) is 0 Å². The summed E-state index contributed by atoms with van der Waals surface area (Å²) in [6.45, 7) is 1.74. The number of hydrogen-bond acceptors (Lipinski definition) is 5. The minimum absolute atomic E-state index is 0.0650. The van der Waals surface area contributed by atoms with Crippen LogP contribution in [-0.4, -0.2) is 86.0 Å². The zero-order valence-electron chi connectivity index (χ0n) is 13.9. The molecule has 0 spiro atoms. The molecule has 2 aliphatic heterocycles. The zero-order valence-corrected chi connectivity index (χ0v) is 14.7. The number of sulfonamides is 1. The number of amides is 1. The minimum atomic E-state index is -3.73. The second-order valence-electron chi connectivity index (χ2n) is 6.59. The third-order valence-corrected chi connectivity index (χ3v) is 6.58. The fourth-order valence-electron chi connectivity index (χ4n) is 3.08. The van der Waals surface area contributed by atoms with Gasteiger partial charge in [0.2, 0.25) is 10.0 Å². The van der Waals surface area contributed by atoms with Gasteiger partial charge in [0.1, 0.15) is 0 Å². The number of rotatable bonds is 4. The first-order chi connectivity index (χ1) is 11.3. The molecule has 0 unspecified atom stereocenters. The van der Waals surface area contributed by atoms with Gasteiger partial charge in [-0.25, -0.2) is 8.42 Å². The van der Waals surface area contributed by atoms with Gasteiger partial charge in [-0.05, 0) is 38.7 Å². The molecule has 0 radical (unpaired) electrons. The predicted octanol–water partition coefficient (Wildman–Crippen LogP) is -0.172. The van der Waals surface area contributed by atoms with Crippen molar-refractivity contribution in [3.63, 3.8) is 0 Å². The largest absolute Gasteiger partial charge is 0.390 e. The molecule has 7 nitrogen and oxygen atoms in total. The molecule has 1 amide bonds. The van der Waals surface area contributed by atoms with Gasteiger partial charge in [0.15, 0.2) is 0 Å². The van der Waals surface area contributed by atoms with Crippen LogP contribution in [0.4, 0.5) is 0 Å². The van der Waals surface area contributed by atoms with Crippen LogP contribution in [0.3, 0.4) is 0 Å². The van der Waals surface area contributed by atoms with E-state index in [-0.39, 0.29) is 29.9 Å². The van der Waals surface area contributed by atoms with Crippen molar-refractivity contribution in [2.75, 3.05) is 40.3 Å². The van der Waals surface area contributed by atoms with Crippen molar-refractivity contribution in [3.05, 3.63) is 29.8 Å². The molecule has 2 heterocycles. The summed E-state index contributed by atoms with van der Waals surface area (Å²) in [6.07, 6.45) is 0.266. The van der Waals surface area contributed by atoms with Crippen LogP contribution < -0.4 is 0 Å². The maximum Gasteiger partial charge on any atom is 0.253 e. The molecule has 1 aromatic rings. The molecule has 24 heavy (non-hydrogen) atoms. The van der Waals surface area contributed by atoms with Crippen LogP contribution in [-0.2, 0) is 10.0 Å². The Bertz CT molecular complexity index is 731. The van der Waals surface area contributed by atoms with E-state index in [1.807, 2.05) is 19.0 Å². The van der Waals surface area contributed by atoms with Crippen LogP contribution in [0.25, 0.3) is 0 Å². The molecule has 132 valence electrons. The molecule has 1 aromatic carbocycles. The summed E-state index contributed by atoms with van der Waals surface area (Å²) in [7, 11) is -0.101. The summed E-state index contributed by atoms with van der Waals surface area (Å²) in [4.78, 5) is 15.9. The summed E-state index contributed by atoms with van der Waals surface area (Å²) < 4.78 is 27.0. The lowest BCUT2D eigenvalue weighted by Gasteiger charge is -2.31. The Hall–Kier alpha value is -1.48. The maximum absolute atomic E-state index is 12.8. The van der Waals surface area contributed by atoms with Crippen molar-refractivity contribution in [3.8, 4) is 0 Å². The fraction of sp³-hybridized carbons (Fsp3) is 0.562. The van der Waals surface area contributed by atoms with E-state index in [2.05, 4.69) is 0 Å². The molecule has 8 heteroatoms. The van der Waals surface area contributed by atoms with Crippen molar-refractivity contribution < 1.29 is 18.3 Å². The number of β-amino-alcohol motifs (C(OH)–C–C–N with tert-alkyl or cyclic N) is 1. The van der Waals surface area contributed by atoms with Gasteiger partial charge in [0, 0.05) is 31.7 Å². The van der Waals surface area contributed by atoms with E-state index in [9.17, 15) is 18.3 Å². The minimum Gasteiger partial charge on any atom is -0.390 e. The van der Waals surface area contributed by atoms with Crippen molar-refractivity contribution in [1.82, 2.24) is 14.1 Å². The Morgan fingerprint density at radius 1 is 1.25 bits per heavy atom. The summed E-state index contributed by atoms with van der Waals surface area (Å²) >= 11 is 0. The average Bonchev–Trinajstić information content (AvgIpc) is 2.88. The molecule has 0 saturated carbocycles. The number of hydrogen-bond donors (Lipinski definition) is 1. The third-order valence-electron chi connectivity index (χ3n) is 4.75. The number of aliphatic hydroxyl groups excluding tert-OH is 1. The Labute approximate surface area is 142 Å². The third kappa shape index (κ3) is 3.06. The molecule has 0 aliphatic carbocycles. The van der Waals surface area contributed by atoms with Crippen molar-refractivity contribution in [2.24, 2.45) is 0 Å². The van der Waals surface area contributed by atoms with Crippen LogP contribution >= 0.6 is 0 Å². The Kier molecular flexibility index (Phi) is 4.65. The van der Waals surface area contributed by atoms with Gasteiger partial charge in [0.05, 0.1) is 17.0 Å². The molecule has 0 aromatic heterocycles. The lowest BCUT2D eigenvalue weighted by Crippen LogP contribution is -2.42. The van der Waals surface area contributed by atoms with Gasteiger partial charge in [-0.15, -0.1) is 0 Å². The maximum atomic E-state index is 12.8. The second kappa shape index (κ2) is 6.44. The van der Waals surface area contributed by atoms with Crippen LogP contribution in [0.1, 0.15) is 16.8 Å². The molecule has 0 bridgehead atoms. The number of nitrogens with zero attached hydrogens (tertiary/aromatic N) is 3. The van der Waals surface area contributed by atoms with Gasteiger partial charge in [0.25, 0.3) is 5.91 Å². The van der Waals surface area contributed by atoms with Crippen molar-refractivity contribution in [2.45, 2.75) is 23.5 Å². The zero-order chi connectivity index (χ0) is 17.5. The van der Waals surface area contributed by atoms with E-state index in [1.54, 1.807) is 17.0 Å². The average molecular weight is 353 g/mol.